The van der Waals surface area contributed by atoms with Gasteiger partial charge in [0.1, 0.15) is 5.75 Å². The van der Waals surface area contributed by atoms with Crippen LogP contribution in [0.25, 0.3) is 0 Å². The minimum Gasteiger partial charge on any atom is -0.492 e. The highest BCUT2D eigenvalue weighted by Crippen LogP contribution is 2.29. The molecule has 3 rings (SSSR count). The average molecular weight is 459 g/mol. The zero-order valence-corrected chi connectivity index (χ0v) is 19.4. The van der Waals surface area contributed by atoms with Gasteiger partial charge in [-0.3, -0.25) is 4.79 Å². The summed E-state index contributed by atoms with van der Waals surface area (Å²) in [6, 6.07) is 13.6. The zero-order chi connectivity index (χ0) is 23.1. The molecule has 1 heterocycles. The minimum absolute atomic E-state index is 0.0240. The van der Waals surface area contributed by atoms with E-state index in [1.165, 1.54) is 17.8 Å². The first-order valence-electron chi connectivity index (χ1n) is 10.4. The molecule has 2 aromatic carbocycles. The van der Waals surface area contributed by atoms with Crippen LogP contribution < -0.4 is 14.8 Å². The lowest BCUT2D eigenvalue weighted by atomic mass is 10.3. The summed E-state index contributed by atoms with van der Waals surface area (Å²) in [6.45, 7) is 8.17. The number of carbonyl (C=O) groups excluding carboxylic acids is 1. The first-order chi connectivity index (χ1) is 15.4. The summed E-state index contributed by atoms with van der Waals surface area (Å²) in [4.78, 5) is 12.5. The molecule has 1 unspecified atom stereocenters. The summed E-state index contributed by atoms with van der Waals surface area (Å²) in [5.41, 5.74) is 0.623. The normalized spacial score (nSPS) is 11.9. The number of halogens is 1. The molecule has 0 aliphatic rings. The number of thioether (sulfide) groups is 1. The summed E-state index contributed by atoms with van der Waals surface area (Å²) < 4.78 is 27.2. The lowest BCUT2D eigenvalue weighted by Crippen LogP contribution is -2.17. The molecule has 0 radical (unpaired) electrons. The van der Waals surface area contributed by atoms with Gasteiger partial charge >= 0.3 is 0 Å². The fourth-order valence-corrected chi connectivity index (χ4v) is 3.97. The Balaban J connectivity index is 1.69. The largest absolute Gasteiger partial charge is 0.492 e. The van der Waals surface area contributed by atoms with Crippen LogP contribution in [0.2, 0.25) is 0 Å². The molecule has 0 saturated carbocycles. The lowest BCUT2D eigenvalue weighted by molar-refractivity contribution is -0.113. The van der Waals surface area contributed by atoms with Gasteiger partial charge in [0.2, 0.25) is 5.91 Å². The second-order valence-corrected chi connectivity index (χ2v) is 8.20. The molecule has 0 aliphatic heterocycles. The predicted molar refractivity (Wildman–Crippen MR) is 123 cm³/mol. The van der Waals surface area contributed by atoms with Gasteiger partial charge in [0, 0.05) is 6.04 Å². The van der Waals surface area contributed by atoms with E-state index >= 15 is 0 Å². The minimum atomic E-state index is -0.525. The monoisotopic (exact) mass is 458 g/mol. The molecular weight excluding hydrogens is 431 g/mol. The maximum absolute atomic E-state index is 14.0. The molecule has 3 aromatic rings. The molecule has 7 nitrogen and oxygen atoms in total. The van der Waals surface area contributed by atoms with Crippen molar-refractivity contribution in [1.29, 1.82) is 0 Å². The number of anilines is 1. The van der Waals surface area contributed by atoms with E-state index in [9.17, 15) is 9.18 Å². The van der Waals surface area contributed by atoms with E-state index in [-0.39, 0.29) is 23.5 Å². The maximum Gasteiger partial charge on any atom is 0.234 e. The highest BCUT2D eigenvalue weighted by molar-refractivity contribution is 7.99. The van der Waals surface area contributed by atoms with Crippen molar-refractivity contribution >= 4 is 23.4 Å². The van der Waals surface area contributed by atoms with Gasteiger partial charge < -0.3 is 19.4 Å². The Labute approximate surface area is 191 Å². The summed E-state index contributed by atoms with van der Waals surface area (Å²) >= 11 is 1.28. The van der Waals surface area contributed by atoms with Crippen molar-refractivity contribution in [2.24, 2.45) is 0 Å². The molecule has 0 saturated heterocycles. The van der Waals surface area contributed by atoms with Crippen LogP contribution in [0.3, 0.4) is 0 Å². The number of carbonyl (C=O) groups is 1. The molecule has 0 fully saturated rings. The molecule has 9 heteroatoms. The van der Waals surface area contributed by atoms with Crippen molar-refractivity contribution in [3.63, 3.8) is 0 Å². The number of ether oxygens (including phenoxy) is 2. The molecular formula is C23H27FN4O3S. The standard InChI is InChI=1S/C23H27FN4O3S/c1-5-30-20-13-9-7-11-18(20)25-21(29)14-32-23-27-26-22(28(23)15(2)3)16(4)31-19-12-8-6-10-17(19)24/h6-13,15-16H,5,14H2,1-4H3,(H,25,29). The van der Waals surface area contributed by atoms with Gasteiger partial charge in [-0.2, -0.15) is 0 Å². The number of para-hydroxylation sites is 3. The SMILES string of the molecule is CCOc1ccccc1NC(=O)CSc1nnc(C(C)Oc2ccccc2F)n1C(C)C. The summed E-state index contributed by atoms with van der Waals surface area (Å²) in [7, 11) is 0. The lowest BCUT2D eigenvalue weighted by Gasteiger charge is -2.19. The second-order valence-electron chi connectivity index (χ2n) is 7.26. The van der Waals surface area contributed by atoms with E-state index in [1.54, 1.807) is 31.2 Å². The quantitative estimate of drug-likeness (QED) is 0.417. The Morgan fingerprint density at radius 3 is 2.47 bits per heavy atom. The van der Waals surface area contributed by atoms with Crippen LogP contribution in [0.4, 0.5) is 10.1 Å². The number of hydrogen-bond acceptors (Lipinski definition) is 6. The van der Waals surface area contributed by atoms with E-state index in [0.717, 1.165) is 0 Å². The Bertz CT molecular complexity index is 1060. The predicted octanol–water partition coefficient (Wildman–Crippen LogP) is 5.27. The number of benzene rings is 2. The fraction of sp³-hybridized carbons (Fsp3) is 0.348. The van der Waals surface area contributed by atoms with E-state index in [1.807, 2.05) is 43.5 Å². The van der Waals surface area contributed by atoms with E-state index < -0.39 is 11.9 Å². The van der Waals surface area contributed by atoms with Gasteiger partial charge in [-0.05, 0) is 52.0 Å². The molecule has 1 amide bonds. The molecule has 0 aliphatic carbocycles. The topological polar surface area (TPSA) is 78.3 Å². The van der Waals surface area contributed by atoms with Gasteiger partial charge in [0.05, 0.1) is 18.0 Å². The van der Waals surface area contributed by atoms with Gasteiger partial charge in [0.15, 0.2) is 28.7 Å². The highest BCUT2D eigenvalue weighted by atomic mass is 32.2. The maximum atomic E-state index is 14.0. The Morgan fingerprint density at radius 1 is 1.09 bits per heavy atom. The van der Waals surface area contributed by atoms with Crippen LogP contribution >= 0.6 is 11.8 Å². The Kier molecular flexibility index (Phi) is 8.10. The highest BCUT2D eigenvalue weighted by Gasteiger charge is 2.23. The third-order valence-corrected chi connectivity index (χ3v) is 5.45. The van der Waals surface area contributed by atoms with Crippen molar-refractivity contribution in [2.75, 3.05) is 17.7 Å². The van der Waals surface area contributed by atoms with E-state index in [0.29, 0.717) is 29.0 Å². The van der Waals surface area contributed by atoms with Crippen LogP contribution in [0.1, 0.15) is 45.7 Å². The van der Waals surface area contributed by atoms with Crippen LogP contribution in [0.5, 0.6) is 11.5 Å². The number of nitrogens with one attached hydrogen (secondary N) is 1. The smallest absolute Gasteiger partial charge is 0.234 e. The summed E-state index contributed by atoms with van der Waals surface area (Å²) in [5.74, 6) is 0.868. The van der Waals surface area contributed by atoms with Crippen LogP contribution in [-0.4, -0.2) is 33.0 Å². The number of amides is 1. The number of aromatic nitrogens is 3. The number of rotatable bonds is 10. The van der Waals surface area contributed by atoms with Crippen molar-refractivity contribution < 1.29 is 18.7 Å². The summed E-state index contributed by atoms with van der Waals surface area (Å²) in [6.07, 6.45) is -0.525. The molecule has 1 N–H and O–H groups in total. The molecule has 32 heavy (non-hydrogen) atoms. The third kappa shape index (κ3) is 5.79. The fourth-order valence-electron chi connectivity index (χ4n) is 3.10. The summed E-state index contributed by atoms with van der Waals surface area (Å²) in [5, 5.41) is 12.0. The first kappa shape index (κ1) is 23.6. The Morgan fingerprint density at radius 2 is 1.78 bits per heavy atom. The number of hydrogen-bond donors (Lipinski definition) is 1. The van der Waals surface area contributed by atoms with Gasteiger partial charge in [-0.1, -0.05) is 36.0 Å². The van der Waals surface area contributed by atoms with Crippen LogP contribution in [-0.2, 0) is 4.79 Å². The molecule has 1 atom stereocenters. The zero-order valence-electron chi connectivity index (χ0n) is 18.5. The molecule has 0 bridgehead atoms. The average Bonchev–Trinajstić information content (AvgIpc) is 3.20. The van der Waals surface area contributed by atoms with Crippen molar-refractivity contribution in [3.05, 3.63) is 60.2 Å². The molecule has 1 aromatic heterocycles. The van der Waals surface area contributed by atoms with Crippen LogP contribution in [0.15, 0.2) is 53.7 Å². The van der Waals surface area contributed by atoms with Crippen molar-refractivity contribution in [1.82, 2.24) is 14.8 Å². The van der Waals surface area contributed by atoms with Gasteiger partial charge in [0.25, 0.3) is 0 Å². The van der Waals surface area contributed by atoms with E-state index in [2.05, 4.69) is 15.5 Å². The first-order valence-corrected chi connectivity index (χ1v) is 11.4. The van der Waals surface area contributed by atoms with Gasteiger partial charge in [-0.15, -0.1) is 10.2 Å². The van der Waals surface area contributed by atoms with Crippen molar-refractivity contribution in [3.8, 4) is 11.5 Å². The Hall–Kier alpha value is -3.07. The third-order valence-electron chi connectivity index (χ3n) is 4.50. The molecule has 170 valence electrons. The van der Waals surface area contributed by atoms with Crippen LogP contribution in [0, 0.1) is 5.82 Å². The second kappa shape index (κ2) is 11.0. The van der Waals surface area contributed by atoms with Crippen molar-refractivity contribution in [2.45, 2.75) is 45.0 Å². The molecule has 0 spiro atoms. The number of nitrogens with zero attached hydrogens (tertiary/aromatic N) is 3. The van der Waals surface area contributed by atoms with E-state index in [4.69, 9.17) is 9.47 Å². The van der Waals surface area contributed by atoms with Gasteiger partial charge in [-0.25, -0.2) is 4.39 Å².